The molecule has 0 bridgehead atoms. The second kappa shape index (κ2) is 12.5. The molecular formula is C13H24Cl2O2. The molecule has 0 aliphatic rings. The van der Waals surface area contributed by atoms with E-state index < -0.39 is 11.3 Å². The number of hydrogen-bond acceptors (Lipinski definition) is 2. The number of halogens is 2. The van der Waals surface area contributed by atoms with Crippen LogP contribution in [0.2, 0.25) is 0 Å². The van der Waals surface area contributed by atoms with Crippen LogP contribution in [0.5, 0.6) is 0 Å². The summed E-state index contributed by atoms with van der Waals surface area (Å²) in [7, 11) is 0. The van der Waals surface area contributed by atoms with E-state index in [0.29, 0.717) is 6.61 Å². The van der Waals surface area contributed by atoms with Crippen LogP contribution in [0.25, 0.3) is 0 Å². The summed E-state index contributed by atoms with van der Waals surface area (Å²) in [5.41, 5.74) is 0. The molecule has 0 fully saturated rings. The lowest BCUT2D eigenvalue weighted by atomic mass is 10.1. The number of alkyl halides is 2. The van der Waals surface area contributed by atoms with E-state index in [1.807, 2.05) is 0 Å². The van der Waals surface area contributed by atoms with Gasteiger partial charge in [0.1, 0.15) is 5.38 Å². The molecule has 0 aromatic rings. The molecule has 0 radical (unpaired) electrons. The van der Waals surface area contributed by atoms with Gasteiger partial charge in [0, 0.05) is 5.88 Å². The van der Waals surface area contributed by atoms with Gasteiger partial charge in [-0.2, -0.15) is 0 Å². The standard InChI is InChI=1S/C13H24Cl2O2/c1-2-3-4-5-6-7-8-9-10-17-13(16)12(15)11-14/h12H,2-11H2,1H3. The van der Waals surface area contributed by atoms with Crippen molar-refractivity contribution in [3.8, 4) is 0 Å². The number of ether oxygens (including phenoxy) is 1. The minimum absolute atomic E-state index is 0.109. The third kappa shape index (κ3) is 10.9. The molecule has 0 saturated carbocycles. The van der Waals surface area contributed by atoms with Crippen molar-refractivity contribution >= 4 is 29.2 Å². The summed E-state index contributed by atoms with van der Waals surface area (Å²) in [6.45, 7) is 2.69. The molecule has 1 unspecified atom stereocenters. The Bertz CT molecular complexity index is 186. The summed E-state index contributed by atoms with van der Waals surface area (Å²) >= 11 is 11.1. The first-order valence-corrected chi connectivity index (χ1v) is 7.56. The third-order valence-electron chi connectivity index (χ3n) is 2.63. The summed E-state index contributed by atoms with van der Waals surface area (Å²) in [4.78, 5) is 11.1. The average molecular weight is 283 g/mol. The van der Waals surface area contributed by atoms with Crippen LogP contribution in [-0.2, 0) is 9.53 Å². The Kier molecular flexibility index (Phi) is 12.5. The van der Waals surface area contributed by atoms with Gasteiger partial charge in [0.25, 0.3) is 0 Å². The minimum atomic E-state index is -0.703. The monoisotopic (exact) mass is 282 g/mol. The molecule has 2 nitrogen and oxygen atoms in total. The highest BCUT2D eigenvalue weighted by molar-refractivity contribution is 6.35. The smallest absolute Gasteiger partial charge is 0.325 e. The van der Waals surface area contributed by atoms with Gasteiger partial charge in [-0.3, -0.25) is 4.79 Å². The first-order valence-electron chi connectivity index (χ1n) is 6.59. The predicted octanol–water partition coefficient (Wildman–Crippen LogP) is 4.52. The highest BCUT2D eigenvalue weighted by Crippen LogP contribution is 2.09. The fraction of sp³-hybridized carbons (Fsp3) is 0.923. The fourth-order valence-corrected chi connectivity index (χ4v) is 1.75. The quantitative estimate of drug-likeness (QED) is 0.316. The largest absolute Gasteiger partial charge is 0.465 e. The SMILES string of the molecule is CCCCCCCCCCOC(=O)C(Cl)CCl. The van der Waals surface area contributed by atoms with Gasteiger partial charge in [0.2, 0.25) is 0 Å². The highest BCUT2D eigenvalue weighted by atomic mass is 35.5. The van der Waals surface area contributed by atoms with E-state index >= 15 is 0 Å². The highest BCUT2D eigenvalue weighted by Gasteiger charge is 2.14. The van der Waals surface area contributed by atoms with E-state index in [4.69, 9.17) is 27.9 Å². The number of esters is 1. The minimum Gasteiger partial charge on any atom is -0.465 e. The van der Waals surface area contributed by atoms with E-state index in [1.54, 1.807) is 0 Å². The maximum Gasteiger partial charge on any atom is 0.325 e. The van der Waals surface area contributed by atoms with Crippen molar-refractivity contribution in [2.45, 2.75) is 63.7 Å². The second-order valence-electron chi connectivity index (χ2n) is 4.26. The summed E-state index contributed by atoms with van der Waals surface area (Å²) < 4.78 is 4.98. The van der Waals surface area contributed by atoms with Crippen LogP contribution < -0.4 is 0 Å². The van der Waals surface area contributed by atoms with Gasteiger partial charge >= 0.3 is 5.97 Å². The van der Waals surface area contributed by atoms with Crippen LogP contribution in [-0.4, -0.2) is 23.8 Å². The lowest BCUT2D eigenvalue weighted by Gasteiger charge is -2.07. The molecule has 0 amide bonds. The zero-order valence-electron chi connectivity index (χ0n) is 10.7. The van der Waals surface area contributed by atoms with Gasteiger partial charge in [0.15, 0.2) is 0 Å². The lowest BCUT2D eigenvalue weighted by molar-refractivity contribution is -0.142. The molecule has 0 N–H and O–H groups in total. The Labute approximate surface area is 115 Å². The molecule has 1 atom stereocenters. The van der Waals surface area contributed by atoms with Crippen LogP contribution in [0.4, 0.5) is 0 Å². The molecule has 102 valence electrons. The summed E-state index contributed by atoms with van der Waals surface area (Å²) in [6, 6.07) is 0. The van der Waals surface area contributed by atoms with Crippen LogP contribution in [0.1, 0.15) is 58.3 Å². The topological polar surface area (TPSA) is 26.3 Å². The van der Waals surface area contributed by atoms with Crippen LogP contribution >= 0.6 is 23.2 Å². The Morgan fingerprint density at radius 2 is 1.59 bits per heavy atom. The van der Waals surface area contributed by atoms with Gasteiger partial charge in [0.05, 0.1) is 6.61 Å². The molecule has 4 heteroatoms. The summed E-state index contributed by atoms with van der Waals surface area (Å²) in [6.07, 6.45) is 9.84. The number of carbonyl (C=O) groups is 1. The maximum absolute atomic E-state index is 11.1. The van der Waals surface area contributed by atoms with Crippen LogP contribution in [0, 0.1) is 0 Å². The number of carbonyl (C=O) groups excluding carboxylic acids is 1. The zero-order chi connectivity index (χ0) is 12.9. The molecule has 0 rings (SSSR count). The van der Waals surface area contributed by atoms with E-state index in [2.05, 4.69) is 6.92 Å². The average Bonchev–Trinajstić information content (AvgIpc) is 2.35. The lowest BCUT2D eigenvalue weighted by Crippen LogP contribution is -2.19. The number of rotatable bonds is 11. The van der Waals surface area contributed by atoms with Crippen LogP contribution in [0.15, 0.2) is 0 Å². The van der Waals surface area contributed by atoms with Crippen molar-refractivity contribution < 1.29 is 9.53 Å². The number of hydrogen-bond donors (Lipinski definition) is 0. The van der Waals surface area contributed by atoms with Crippen molar-refractivity contribution in [2.75, 3.05) is 12.5 Å². The van der Waals surface area contributed by atoms with Gasteiger partial charge in [-0.15, -0.1) is 23.2 Å². The molecule has 0 aliphatic heterocycles. The summed E-state index contributed by atoms with van der Waals surface area (Å²) in [5, 5.41) is -0.703. The first kappa shape index (κ1) is 17.1. The normalized spacial score (nSPS) is 12.4. The Hall–Kier alpha value is 0.0500. The maximum atomic E-state index is 11.1. The van der Waals surface area contributed by atoms with Gasteiger partial charge < -0.3 is 4.74 Å². The van der Waals surface area contributed by atoms with Crippen molar-refractivity contribution in [1.29, 1.82) is 0 Å². The van der Waals surface area contributed by atoms with Crippen molar-refractivity contribution in [3.05, 3.63) is 0 Å². The van der Waals surface area contributed by atoms with Gasteiger partial charge in [-0.05, 0) is 6.42 Å². The Morgan fingerprint density at radius 3 is 2.12 bits per heavy atom. The summed E-state index contributed by atoms with van der Waals surface area (Å²) in [5.74, 6) is -0.290. The van der Waals surface area contributed by atoms with Crippen molar-refractivity contribution in [2.24, 2.45) is 0 Å². The Balaban J connectivity index is 3.16. The molecule has 0 saturated heterocycles. The fourth-order valence-electron chi connectivity index (χ4n) is 1.56. The molecule has 0 aliphatic carbocycles. The van der Waals surface area contributed by atoms with Crippen molar-refractivity contribution in [3.63, 3.8) is 0 Å². The van der Waals surface area contributed by atoms with E-state index in [9.17, 15) is 4.79 Å². The Morgan fingerprint density at radius 1 is 1.06 bits per heavy atom. The van der Waals surface area contributed by atoms with Gasteiger partial charge in [-0.1, -0.05) is 51.9 Å². The van der Waals surface area contributed by atoms with Gasteiger partial charge in [-0.25, -0.2) is 0 Å². The predicted molar refractivity (Wildman–Crippen MR) is 73.9 cm³/mol. The van der Waals surface area contributed by atoms with E-state index in [1.165, 1.54) is 38.5 Å². The first-order chi connectivity index (χ1) is 8.22. The van der Waals surface area contributed by atoms with E-state index in [0.717, 1.165) is 12.8 Å². The molecule has 0 spiro atoms. The van der Waals surface area contributed by atoms with Crippen molar-refractivity contribution in [1.82, 2.24) is 0 Å². The second-order valence-corrected chi connectivity index (χ2v) is 5.10. The molecule has 0 aromatic carbocycles. The number of unbranched alkanes of at least 4 members (excludes halogenated alkanes) is 7. The van der Waals surface area contributed by atoms with Crippen LogP contribution in [0.3, 0.4) is 0 Å². The molecule has 0 heterocycles. The zero-order valence-corrected chi connectivity index (χ0v) is 12.2. The molecule has 17 heavy (non-hydrogen) atoms. The van der Waals surface area contributed by atoms with E-state index in [-0.39, 0.29) is 5.88 Å². The molecular weight excluding hydrogens is 259 g/mol. The molecule has 0 aromatic heterocycles. The third-order valence-corrected chi connectivity index (χ3v) is 3.43.